The monoisotopic (exact) mass is 271 g/mol. The third kappa shape index (κ3) is 2.51. The van der Waals surface area contributed by atoms with Crippen LogP contribution in [-0.2, 0) is 9.59 Å². The van der Waals surface area contributed by atoms with Crippen LogP contribution < -0.4 is 0 Å². The van der Waals surface area contributed by atoms with E-state index in [4.69, 9.17) is 0 Å². The molecule has 0 aromatic carbocycles. The van der Waals surface area contributed by atoms with Gasteiger partial charge in [0.15, 0.2) is 0 Å². The Bertz CT molecular complexity index is 347. The Morgan fingerprint density at radius 2 is 2.17 bits per heavy atom. The van der Waals surface area contributed by atoms with Crippen molar-refractivity contribution in [1.29, 1.82) is 0 Å². The van der Waals surface area contributed by atoms with Crippen LogP contribution in [0.15, 0.2) is 0 Å². The van der Waals surface area contributed by atoms with Crippen LogP contribution in [0.3, 0.4) is 0 Å². The van der Waals surface area contributed by atoms with Crippen molar-refractivity contribution in [3.8, 4) is 0 Å². The number of hydrogen-bond donors (Lipinski definition) is 1. The first kappa shape index (κ1) is 13.7. The first-order chi connectivity index (χ1) is 8.54. The Hall–Kier alpha value is -0.710. The fourth-order valence-electron chi connectivity index (χ4n) is 3.33. The van der Waals surface area contributed by atoms with E-state index in [0.717, 1.165) is 19.3 Å². The Morgan fingerprint density at radius 1 is 1.44 bits per heavy atom. The van der Waals surface area contributed by atoms with Gasteiger partial charge in [-0.1, -0.05) is 13.3 Å². The SMILES string of the molecule is CSC(C)CC(=O)N1CC2CCCC2C1C(=O)O. The van der Waals surface area contributed by atoms with Gasteiger partial charge in [-0.3, -0.25) is 4.79 Å². The molecular formula is C13H21NO3S. The number of nitrogens with zero attached hydrogens (tertiary/aromatic N) is 1. The van der Waals surface area contributed by atoms with E-state index < -0.39 is 12.0 Å². The lowest BCUT2D eigenvalue weighted by Gasteiger charge is -2.25. The zero-order valence-corrected chi connectivity index (χ0v) is 11.8. The van der Waals surface area contributed by atoms with Gasteiger partial charge in [-0.2, -0.15) is 11.8 Å². The molecule has 2 rings (SSSR count). The zero-order valence-electron chi connectivity index (χ0n) is 11.0. The first-order valence-electron chi connectivity index (χ1n) is 6.59. The normalized spacial score (nSPS) is 32.3. The van der Waals surface area contributed by atoms with Crippen molar-refractivity contribution >= 4 is 23.6 Å². The Morgan fingerprint density at radius 3 is 2.78 bits per heavy atom. The number of carbonyl (C=O) groups is 2. The second kappa shape index (κ2) is 5.51. The summed E-state index contributed by atoms with van der Waals surface area (Å²) in [4.78, 5) is 25.3. The molecule has 0 spiro atoms. The molecule has 4 unspecified atom stereocenters. The molecule has 5 heteroatoms. The van der Waals surface area contributed by atoms with Gasteiger partial charge in [0, 0.05) is 18.2 Å². The first-order valence-corrected chi connectivity index (χ1v) is 7.88. The topological polar surface area (TPSA) is 57.6 Å². The van der Waals surface area contributed by atoms with Crippen molar-refractivity contribution in [2.24, 2.45) is 11.8 Å². The molecule has 4 nitrogen and oxygen atoms in total. The van der Waals surface area contributed by atoms with Gasteiger partial charge < -0.3 is 10.0 Å². The number of aliphatic carboxylic acids is 1. The van der Waals surface area contributed by atoms with Crippen LogP contribution in [0, 0.1) is 11.8 Å². The lowest BCUT2D eigenvalue weighted by Crippen LogP contribution is -2.43. The molecule has 18 heavy (non-hydrogen) atoms. The highest BCUT2D eigenvalue weighted by molar-refractivity contribution is 7.99. The summed E-state index contributed by atoms with van der Waals surface area (Å²) in [5.74, 6) is -0.205. The van der Waals surface area contributed by atoms with E-state index in [-0.39, 0.29) is 17.1 Å². The molecule has 1 saturated carbocycles. The van der Waals surface area contributed by atoms with Crippen molar-refractivity contribution in [3.05, 3.63) is 0 Å². The number of thioether (sulfide) groups is 1. The molecule has 1 heterocycles. The second-order valence-electron chi connectivity index (χ2n) is 5.43. The van der Waals surface area contributed by atoms with Gasteiger partial charge >= 0.3 is 5.97 Å². The smallest absolute Gasteiger partial charge is 0.326 e. The van der Waals surface area contributed by atoms with E-state index in [0.29, 0.717) is 18.9 Å². The minimum absolute atomic E-state index is 0.0126. The molecule has 0 radical (unpaired) electrons. The maximum atomic E-state index is 12.2. The Kier molecular flexibility index (Phi) is 4.20. The van der Waals surface area contributed by atoms with Gasteiger partial charge in [0.25, 0.3) is 0 Å². The molecule has 0 aromatic heterocycles. The molecule has 4 atom stereocenters. The highest BCUT2D eigenvalue weighted by atomic mass is 32.2. The summed E-state index contributed by atoms with van der Waals surface area (Å²) in [6.45, 7) is 2.66. The van der Waals surface area contributed by atoms with E-state index in [1.807, 2.05) is 13.2 Å². The molecular weight excluding hydrogens is 250 g/mol. The molecule has 1 aliphatic carbocycles. The standard InChI is InChI=1S/C13H21NO3S/c1-8(18-2)6-11(15)14-7-9-4-3-5-10(9)12(14)13(16)17/h8-10,12H,3-7H2,1-2H3,(H,16,17). The Balaban J connectivity index is 2.07. The summed E-state index contributed by atoms with van der Waals surface area (Å²) >= 11 is 1.65. The number of likely N-dealkylation sites (tertiary alicyclic amines) is 1. The van der Waals surface area contributed by atoms with Crippen LogP contribution in [0.4, 0.5) is 0 Å². The predicted molar refractivity (Wildman–Crippen MR) is 71.6 cm³/mol. The fourth-order valence-corrected chi connectivity index (χ4v) is 3.63. The van der Waals surface area contributed by atoms with Crippen molar-refractivity contribution in [2.45, 2.75) is 43.9 Å². The number of carboxylic acids is 1. The van der Waals surface area contributed by atoms with Gasteiger partial charge in [-0.05, 0) is 30.9 Å². The van der Waals surface area contributed by atoms with Gasteiger partial charge in [0.1, 0.15) is 6.04 Å². The molecule has 1 amide bonds. The molecule has 1 N–H and O–H groups in total. The summed E-state index contributed by atoms with van der Waals surface area (Å²) in [6, 6.07) is -0.570. The number of carbonyl (C=O) groups excluding carboxylic acids is 1. The van der Waals surface area contributed by atoms with E-state index in [2.05, 4.69) is 0 Å². The number of carboxylic acid groups (broad SMARTS) is 1. The van der Waals surface area contributed by atoms with E-state index in [1.54, 1.807) is 16.7 Å². The third-order valence-corrected chi connectivity index (χ3v) is 5.30. The third-order valence-electron chi connectivity index (χ3n) is 4.33. The van der Waals surface area contributed by atoms with Gasteiger partial charge in [0.2, 0.25) is 5.91 Å². The minimum atomic E-state index is -0.824. The molecule has 0 bridgehead atoms. The molecule has 102 valence electrons. The van der Waals surface area contributed by atoms with Crippen molar-refractivity contribution < 1.29 is 14.7 Å². The Labute approximate surface area is 112 Å². The molecule has 2 aliphatic rings. The van der Waals surface area contributed by atoms with E-state index in [9.17, 15) is 14.7 Å². The predicted octanol–water partition coefficient (Wildman–Crippen LogP) is 1.84. The van der Waals surface area contributed by atoms with Crippen LogP contribution in [0.1, 0.15) is 32.6 Å². The number of amides is 1. The zero-order chi connectivity index (χ0) is 13.3. The maximum absolute atomic E-state index is 12.2. The largest absolute Gasteiger partial charge is 0.480 e. The van der Waals surface area contributed by atoms with Gasteiger partial charge in [0.05, 0.1) is 0 Å². The highest BCUT2D eigenvalue weighted by Gasteiger charge is 2.49. The van der Waals surface area contributed by atoms with E-state index in [1.165, 1.54) is 0 Å². The van der Waals surface area contributed by atoms with E-state index >= 15 is 0 Å². The summed E-state index contributed by atoms with van der Waals surface area (Å²) < 4.78 is 0. The van der Waals surface area contributed by atoms with Crippen LogP contribution in [-0.4, -0.2) is 46.0 Å². The van der Waals surface area contributed by atoms with Crippen molar-refractivity contribution in [3.63, 3.8) is 0 Å². The van der Waals surface area contributed by atoms with Crippen LogP contribution in [0.25, 0.3) is 0 Å². The average Bonchev–Trinajstić information content (AvgIpc) is 2.86. The van der Waals surface area contributed by atoms with Crippen LogP contribution >= 0.6 is 11.8 Å². The lowest BCUT2D eigenvalue weighted by molar-refractivity contribution is -0.149. The van der Waals surface area contributed by atoms with Crippen molar-refractivity contribution in [2.75, 3.05) is 12.8 Å². The number of hydrogen-bond acceptors (Lipinski definition) is 3. The number of rotatable bonds is 4. The van der Waals surface area contributed by atoms with Crippen LogP contribution in [0.5, 0.6) is 0 Å². The van der Waals surface area contributed by atoms with Crippen LogP contribution in [0.2, 0.25) is 0 Å². The molecule has 1 saturated heterocycles. The van der Waals surface area contributed by atoms with Crippen molar-refractivity contribution in [1.82, 2.24) is 4.90 Å². The maximum Gasteiger partial charge on any atom is 0.326 e. The summed E-state index contributed by atoms with van der Waals surface area (Å²) in [6.07, 6.45) is 5.58. The lowest BCUT2D eigenvalue weighted by atomic mass is 9.94. The summed E-state index contributed by atoms with van der Waals surface area (Å²) in [7, 11) is 0. The molecule has 0 aromatic rings. The highest BCUT2D eigenvalue weighted by Crippen LogP contribution is 2.42. The average molecular weight is 271 g/mol. The quantitative estimate of drug-likeness (QED) is 0.847. The summed E-state index contributed by atoms with van der Waals surface area (Å²) in [5, 5.41) is 9.63. The fraction of sp³-hybridized carbons (Fsp3) is 0.846. The minimum Gasteiger partial charge on any atom is -0.480 e. The number of fused-ring (bicyclic) bond motifs is 1. The molecule has 1 aliphatic heterocycles. The van der Waals surface area contributed by atoms with Gasteiger partial charge in [-0.15, -0.1) is 0 Å². The summed E-state index contributed by atoms with van der Waals surface area (Å²) in [5.41, 5.74) is 0. The molecule has 2 fully saturated rings. The second-order valence-corrected chi connectivity index (χ2v) is 6.71. The van der Waals surface area contributed by atoms with Gasteiger partial charge in [-0.25, -0.2) is 4.79 Å².